The van der Waals surface area contributed by atoms with Crippen molar-refractivity contribution in [2.75, 3.05) is 26.8 Å². The molecule has 0 aromatic heterocycles. The molecule has 32 heavy (non-hydrogen) atoms. The molecule has 172 valence electrons. The molecule has 2 atom stereocenters. The van der Waals surface area contributed by atoms with Gasteiger partial charge in [-0.3, -0.25) is 0 Å². The standard InChI is InChI=1S/C18H19Cl2NO3.C4H4O4/c1-22-15-9-13(19)14(20)10-16(15)24-18(12-5-3-2-4-6-12)17-11-21-7-8-23-17;5-3(6)1-2-4(7)8/h2-6,9-10,17-18,21H,7-8,11H2,1H3;1-2H,(H,5,6)(H,7,8)/b;2-1+/t17-,18-;/m0./s1. The second kappa shape index (κ2) is 12.9. The first-order valence-corrected chi connectivity index (χ1v) is 10.3. The number of ether oxygens (including phenoxy) is 3. The van der Waals surface area contributed by atoms with E-state index in [4.69, 9.17) is 47.6 Å². The Morgan fingerprint density at radius 2 is 1.69 bits per heavy atom. The summed E-state index contributed by atoms with van der Waals surface area (Å²) in [5, 5.41) is 19.8. The summed E-state index contributed by atoms with van der Waals surface area (Å²) in [5.74, 6) is -1.44. The molecule has 0 spiro atoms. The molecule has 0 unspecified atom stereocenters. The summed E-state index contributed by atoms with van der Waals surface area (Å²) < 4.78 is 17.6. The van der Waals surface area contributed by atoms with Crippen LogP contribution in [0.5, 0.6) is 11.5 Å². The van der Waals surface area contributed by atoms with Gasteiger partial charge in [-0.1, -0.05) is 53.5 Å². The van der Waals surface area contributed by atoms with Gasteiger partial charge in [-0.05, 0) is 5.56 Å². The van der Waals surface area contributed by atoms with Gasteiger partial charge in [-0.2, -0.15) is 0 Å². The summed E-state index contributed by atoms with van der Waals surface area (Å²) >= 11 is 12.2. The molecule has 10 heteroatoms. The van der Waals surface area contributed by atoms with Gasteiger partial charge in [0.05, 0.1) is 23.8 Å². The van der Waals surface area contributed by atoms with Crippen LogP contribution in [0.3, 0.4) is 0 Å². The number of nitrogens with one attached hydrogen (secondary N) is 1. The summed E-state index contributed by atoms with van der Waals surface area (Å²) in [5.41, 5.74) is 1.03. The molecule has 1 saturated heterocycles. The zero-order chi connectivity index (χ0) is 23.5. The lowest BCUT2D eigenvalue weighted by atomic mass is 10.0. The maximum absolute atomic E-state index is 9.55. The highest BCUT2D eigenvalue weighted by Gasteiger charge is 2.29. The first kappa shape index (κ1) is 25.5. The number of morpholine rings is 1. The summed E-state index contributed by atoms with van der Waals surface area (Å²) in [4.78, 5) is 19.1. The summed E-state index contributed by atoms with van der Waals surface area (Å²) in [6.07, 6.45) is 0.718. The number of hydrogen-bond donors (Lipinski definition) is 3. The molecular formula is C22H23Cl2NO7. The van der Waals surface area contributed by atoms with Crippen LogP contribution in [0.1, 0.15) is 11.7 Å². The van der Waals surface area contributed by atoms with Crippen LogP contribution >= 0.6 is 23.2 Å². The van der Waals surface area contributed by atoms with E-state index < -0.39 is 11.9 Å². The number of halogens is 2. The van der Waals surface area contributed by atoms with E-state index in [1.165, 1.54) is 0 Å². The molecule has 3 N–H and O–H groups in total. The molecule has 2 aromatic carbocycles. The number of methoxy groups -OCH3 is 1. The van der Waals surface area contributed by atoms with Crippen molar-refractivity contribution >= 4 is 35.1 Å². The molecule has 0 bridgehead atoms. The third-order valence-corrected chi connectivity index (χ3v) is 4.97. The minimum Gasteiger partial charge on any atom is -0.493 e. The lowest BCUT2D eigenvalue weighted by Crippen LogP contribution is -2.43. The molecule has 3 rings (SSSR count). The van der Waals surface area contributed by atoms with Crippen LogP contribution in [-0.4, -0.2) is 55.1 Å². The Labute approximate surface area is 195 Å². The second-order valence-corrected chi connectivity index (χ2v) is 7.30. The van der Waals surface area contributed by atoms with E-state index in [9.17, 15) is 9.59 Å². The van der Waals surface area contributed by atoms with Gasteiger partial charge in [0.1, 0.15) is 6.10 Å². The molecule has 2 aromatic rings. The Hall–Kier alpha value is -2.78. The van der Waals surface area contributed by atoms with Crippen LogP contribution in [0.25, 0.3) is 0 Å². The Morgan fingerprint density at radius 3 is 2.19 bits per heavy atom. The van der Waals surface area contributed by atoms with E-state index >= 15 is 0 Å². The lowest BCUT2D eigenvalue weighted by Gasteiger charge is -2.32. The maximum atomic E-state index is 9.55. The number of benzene rings is 2. The fraction of sp³-hybridized carbons (Fsp3) is 0.273. The van der Waals surface area contributed by atoms with Crippen LogP contribution in [0.15, 0.2) is 54.6 Å². The molecule has 1 fully saturated rings. The Kier molecular flexibility index (Phi) is 10.3. The Morgan fingerprint density at radius 1 is 1.09 bits per heavy atom. The van der Waals surface area contributed by atoms with E-state index in [1.807, 2.05) is 30.3 Å². The summed E-state index contributed by atoms with van der Waals surface area (Å²) in [6.45, 7) is 2.20. The first-order chi connectivity index (χ1) is 15.3. The van der Waals surface area contributed by atoms with Gasteiger partial charge in [0, 0.05) is 37.4 Å². The number of hydrogen-bond acceptors (Lipinski definition) is 6. The molecule has 1 aliphatic rings. The highest BCUT2D eigenvalue weighted by Crippen LogP contribution is 2.39. The smallest absolute Gasteiger partial charge is 0.328 e. The van der Waals surface area contributed by atoms with Gasteiger partial charge in [0.25, 0.3) is 0 Å². The molecule has 1 heterocycles. The fourth-order valence-electron chi connectivity index (χ4n) is 2.82. The number of carboxylic acid groups (broad SMARTS) is 2. The van der Waals surface area contributed by atoms with Crippen LogP contribution in [-0.2, 0) is 14.3 Å². The molecule has 0 radical (unpaired) electrons. The Bertz CT molecular complexity index is 915. The van der Waals surface area contributed by atoms with Crippen molar-refractivity contribution in [3.63, 3.8) is 0 Å². The molecular weight excluding hydrogens is 461 g/mol. The number of rotatable bonds is 7. The van der Waals surface area contributed by atoms with Crippen LogP contribution < -0.4 is 14.8 Å². The number of carbonyl (C=O) groups is 2. The summed E-state index contributed by atoms with van der Waals surface area (Å²) in [7, 11) is 1.57. The van der Waals surface area contributed by atoms with Crippen molar-refractivity contribution in [1.29, 1.82) is 0 Å². The minimum absolute atomic E-state index is 0.111. The SMILES string of the molecule is COc1cc(Cl)c(Cl)cc1O[C@@H](c1ccccc1)[C@@H]1CNCCO1.O=C(O)/C=C/C(=O)O. The van der Waals surface area contributed by atoms with Crippen molar-refractivity contribution in [1.82, 2.24) is 5.32 Å². The van der Waals surface area contributed by atoms with Crippen LogP contribution in [0.2, 0.25) is 10.0 Å². The average Bonchev–Trinajstić information content (AvgIpc) is 2.79. The maximum Gasteiger partial charge on any atom is 0.328 e. The number of aliphatic carboxylic acids is 2. The van der Waals surface area contributed by atoms with Crippen molar-refractivity contribution in [3.05, 3.63) is 70.2 Å². The lowest BCUT2D eigenvalue weighted by molar-refractivity contribution is -0.134. The quantitative estimate of drug-likeness (QED) is 0.509. The largest absolute Gasteiger partial charge is 0.493 e. The van der Waals surface area contributed by atoms with E-state index in [2.05, 4.69) is 5.32 Å². The van der Waals surface area contributed by atoms with Crippen molar-refractivity contribution < 1.29 is 34.0 Å². The first-order valence-electron chi connectivity index (χ1n) is 9.52. The number of carboxylic acids is 2. The predicted molar refractivity (Wildman–Crippen MR) is 120 cm³/mol. The van der Waals surface area contributed by atoms with E-state index in [0.29, 0.717) is 46.8 Å². The van der Waals surface area contributed by atoms with Gasteiger partial charge in [0.2, 0.25) is 0 Å². The third kappa shape index (κ3) is 8.05. The molecule has 0 amide bonds. The second-order valence-electron chi connectivity index (χ2n) is 6.49. The van der Waals surface area contributed by atoms with Crippen molar-refractivity contribution in [2.45, 2.75) is 12.2 Å². The normalized spacial score (nSPS) is 16.5. The molecule has 0 aliphatic carbocycles. The highest BCUT2D eigenvalue weighted by molar-refractivity contribution is 6.42. The summed E-state index contributed by atoms with van der Waals surface area (Å²) in [6, 6.07) is 13.3. The highest BCUT2D eigenvalue weighted by atomic mass is 35.5. The predicted octanol–water partition coefficient (Wildman–Crippen LogP) is 3.82. The van der Waals surface area contributed by atoms with Crippen LogP contribution in [0.4, 0.5) is 0 Å². The monoisotopic (exact) mass is 483 g/mol. The zero-order valence-electron chi connectivity index (χ0n) is 17.2. The molecule has 8 nitrogen and oxygen atoms in total. The topological polar surface area (TPSA) is 114 Å². The van der Waals surface area contributed by atoms with Gasteiger partial charge < -0.3 is 29.7 Å². The van der Waals surface area contributed by atoms with Gasteiger partial charge in [-0.15, -0.1) is 0 Å². The van der Waals surface area contributed by atoms with Gasteiger partial charge >= 0.3 is 11.9 Å². The Balaban J connectivity index is 0.000000390. The van der Waals surface area contributed by atoms with Crippen molar-refractivity contribution in [3.8, 4) is 11.5 Å². The van der Waals surface area contributed by atoms with E-state index in [0.717, 1.165) is 12.1 Å². The van der Waals surface area contributed by atoms with Gasteiger partial charge in [0.15, 0.2) is 17.6 Å². The van der Waals surface area contributed by atoms with Crippen molar-refractivity contribution in [2.24, 2.45) is 0 Å². The van der Waals surface area contributed by atoms with Crippen LogP contribution in [0, 0.1) is 0 Å². The third-order valence-electron chi connectivity index (χ3n) is 4.25. The minimum atomic E-state index is -1.26. The van der Waals surface area contributed by atoms with E-state index in [1.54, 1.807) is 19.2 Å². The fourth-order valence-corrected chi connectivity index (χ4v) is 3.13. The van der Waals surface area contributed by atoms with Gasteiger partial charge in [-0.25, -0.2) is 9.59 Å². The average molecular weight is 484 g/mol. The zero-order valence-corrected chi connectivity index (χ0v) is 18.7. The molecule has 0 saturated carbocycles. The van der Waals surface area contributed by atoms with E-state index in [-0.39, 0.29) is 12.2 Å². The molecule has 1 aliphatic heterocycles.